The molecule has 0 bridgehead atoms. The van der Waals surface area contributed by atoms with Gasteiger partial charge in [-0.1, -0.05) is 6.07 Å². The van der Waals surface area contributed by atoms with Crippen molar-refractivity contribution in [3.63, 3.8) is 0 Å². The zero-order chi connectivity index (χ0) is 19.7. The Balaban J connectivity index is 1.76. The van der Waals surface area contributed by atoms with E-state index < -0.39 is 11.6 Å². The molecule has 2 heterocycles. The van der Waals surface area contributed by atoms with Crippen LogP contribution in [0.4, 0.5) is 8.78 Å². The van der Waals surface area contributed by atoms with E-state index in [0.717, 1.165) is 33.7 Å². The molecule has 0 spiro atoms. The first kappa shape index (κ1) is 19.2. The van der Waals surface area contributed by atoms with Crippen molar-refractivity contribution >= 4 is 17.2 Å². The lowest BCUT2D eigenvalue weighted by molar-refractivity contribution is -0.131. The Bertz CT molecular complexity index is 993. The van der Waals surface area contributed by atoms with E-state index in [9.17, 15) is 13.6 Å². The number of hydrogen-bond donors (Lipinski definition) is 0. The Hall–Kier alpha value is -2.54. The van der Waals surface area contributed by atoms with Crippen LogP contribution in [-0.4, -0.2) is 27.4 Å². The molecule has 0 radical (unpaired) electrons. The number of hydrogen-bond acceptors (Lipinski definition) is 3. The van der Waals surface area contributed by atoms with Crippen LogP contribution in [0.25, 0.3) is 11.3 Å². The minimum Gasteiger partial charge on any atom is -0.340 e. The minimum atomic E-state index is -0.649. The number of benzene rings is 1. The monoisotopic (exact) mass is 389 g/mol. The third-order valence-electron chi connectivity index (χ3n) is 4.61. The van der Waals surface area contributed by atoms with Crippen LogP contribution in [0.5, 0.6) is 0 Å². The van der Waals surface area contributed by atoms with Crippen molar-refractivity contribution < 1.29 is 13.6 Å². The molecule has 0 saturated carbocycles. The maximum Gasteiger partial charge on any atom is 0.242 e. The van der Waals surface area contributed by atoms with Gasteiger partial charge in [0.2, 0.25) is 5.91 Å². The number of carbonyl (C=O) groups excluding carboxylic acids is 1. The molecule has 0 fully saturated rings. The van der Waals surface area contributed by atoms with Gasteiger partial charge in [0.25, 0.3) is 0 Å². The van der Waals surface area contributed by atoms with Gasteiger partial charge in [0.1, 0.15) is 18.2 Å². The van der Waals surface area contributed by atoms with E-state index in [4.69, 9.17) is 0 Å². The zero-order valence-corrected chi connectivity index (χ0v) is 16.5. The SMILES string of the molecule is Cc1nc(-c2cc(C)n(CC(=O)N(C)Cc3ccc(F)cc3F)c2C)cs1. The standard InChI is InChI=1S/C20H21F2N3OS/c1-12-7-17(19-11-27-14(3)23-19)13(2)25(12)10-20(26)24(4)9-15-5-6-16(21)8-18(15)22/h5-8,11H,9-10H2,1-4H3. The Labute approximate surface area is 161 Å². The van der Waals surface area contributed by atoms with Gasteiger partial charge in [0.15, 0.2) is 0 Å². The van der Waals surface area contributed by atoms with Crippen LogP contribution in [0.1, 0.15) is 22.0 Å². The van der Waals surface area contributed by atoms with Gasteiger partial charge < -0.3 is 9.47 Å². The Morgan fingerprint density at radius 2 is 1.96 bits per heavy atom. The van der Waals surface area contributed by atoms with Gasteiger partial charge in [-0.3, -0.25) is 4.79 Å². The number of thiazole rings is 1. The van der Waals surface area contributed by atoms with Crippen molar-refractivity contribution in [3.8, 4) is 11.3 Å². The lowest BCUT2D eigenvalue weighted by Crippen LogP contribution is -2.30. The second-order valence-electron chi connectivity index (χ2n) is 6.61. The molecule has 0 saturated heterocycles. The fourth-order valence-corrected chi connectivity index (χ4v) is 3.65. The fourth-order valence-electron chi connectivity index (χ4n) is 3.04. The molecular weight excluding hydrogens is 368 g/mol. The summed E-state index contributed by atoms with van der Waals surface area (Å²) in [6.07, 6.45) is 0. The molecule has 0 aliphatic rings. The van der Waals surface area contributed by atoms with E-state index in [-0.39, 0.29) is 24.6 Å². The quantitative estimate of drug-likeness (QED) is 0.646. The van der Waals surface area contributed by atoms with Crippen LogP contribution in [0.15, 0.2) is 29.6 Å². The molecule has 0 aliphatic heterocycles. The third kappa shape index (κ3) is 4.08. The first-order chi connectivity index (χ1) is 12.8. The lowest BCUT2D eigenvalue weighted by atomic mass is 10.2. The summed E-state index contributed by atoms with van der Waals surface area (Å²) < 4.78 is 28.8. The number of carbonyl (C=O) groups is 1. The Kier molecular flexibility index (Phi) is 5.41. The molecule has 1 aromatic carbocycles. The van der Waals surface area contributed by atoms with Crippen LogP contribution >= 0.6 is 11.3 Å². The van der Waals surface area contributed by atoms with Crippen molar-refractivity contribution in [2.24, 2.45) is 0 Å². The number of halogens is 2. The highest BCUT2D eigenvalue weighted by Crippen LogP contribution is 2.28. The molecule has 0 N–H and O–H groups in total. The average Bonchev–Trinajstić information content (AvgIpc) is 3.15. The zero-order valence-electron chi connectivity index (χ0n) is 15.7. The highest BCUT2D eigenvalue weighted by atomic mass is 32.1. The molecule has 0 unspecified atom stereocenters. The number of aromatic nitrogens is 2. The van der Waals surface area contributed by atoms with E-state index in [2.05, 4.69) is 4.98 Å². The van der Waals surface area contributed by atoms with Crippen LogP contribution < -0.4 is 0 Å². The molecule has 4 nitrogen and oxygen atoms in total. The maximum atomic E-state index is 13.8. The summed E-state index contributed by atoms with van der Waals surface area (Å²) in [5.41, 5.74) is 4.13. The number of likely N-dealkylation sites (N-methyl/N-ethyl adjacent to an activating group) is 1. The molecule has 1 amide bonds. The topological polar surface area (TPSA) is 38.1 Å². The Morgan fingerprint density at radius 3 is 2.59 bits per heavy atom. The van der Waals surface area contributed by atoms with Crippen LogP contribution in [-0.2, 0) is 17.9 Å². The van der Waals surface area contributed by atoms with Gasteiger partial charge in [-0.15, -0.1) is 11.3 Å². The average molecular weight is 389 g/mol. The van der Waals surface area contributed by atoms with Gasteiger partial charge >= 0.3 is 0 Å². The van der Waals surface area contributed by atoms with Crippen molar-refractivity contribution in [2.45, 2.75) is 33.9 Å². The molecular formula is C20H21F2N3OS. The summed E-state index contributed by atoms with van der Waals surface area (Å²) in [5.74, 6) is -1.43. The molecule has 7 heteroatoms. The molecule has 0 aliphatic carbocycles. The smallest absolute Gasteiger partial charge is 0.242 e. The van der Waals surface area contributed by atoms with Crippen molar-refractivity contribution in [3.05, 3.63) is 63.2 Å². The van der Waals surface area contributed by atoms with E-state index in [0.29, 0.717) is 0 Å². The second-order valence-corrected chi connectivity index (χ2v) is 7.67. The number of nitrogens with zero attached hydrogens (tertiary/aromatic N) is 3. The molecule has 0 atom stereocenters. The molecule has 142 valence electrons. The minimum absolute atomic E-state index is 0.0858. The summed E-state index contributed by atoms with van der Waals surface area (Å²) in [6.45, 7) is 6.11. The van der Waals surface area contributed by atoms with Crippen LogP contribution in [0, 0.1) is 32.4 Å². The van der Waals surface area contributed by atoms with Gasteiger partial charge in [0.05, 0.1) is 10.7 Å². The molecule has 3 rings (SSSR count). The predicted molar refractivity (Wildman–Crippen MR) is 103 cm³/mol. The molecule has 2 aromatic heterocycles. The highest BCUT2D eigenvalue weighted by Gasteiger charge is 2.18. The first-order valence-corrected chi connectivity index (χ1v) is 9.41. The third-order valence-corrected chi connectivity index (χ3v) is 5.38. The first-order valence-electron chi connectivity index (χ1n) is 8.53. The summed E-state index contributed by atoms with van der Waals surface area (Å²) >= 11 is 1.59. The molecule has 3 aromatic rings. The summed E-state index contributed by atoms with van der Waals surface area (Å²) in [6, 6.07) is 5.41. The van der Waals surface area contributed by atoms with Crippen molar-refractivity contribution in [1.29, 1.82) is 0 Å². The number of amides is 1. The normalized spacial score (nSPS) is 11.0. The van der Waals surface area contributed by atoms with Crippen LogP contribution in [0.3, 0.4) is 0 Å². The maximum absolute atomic E-state index is 13.8. The summed E-state index contributed by atoms with van der Waals surface area (Å²) in [7, 11) is 1.62. The van der Waals surface area contributed by atoms with E-state index in [1.54, 1.807) is 18.4 Å². The van der Waals surface area contributed by atoms with Gasteiger partial charge in [-0.2, -0.15) is 0 Å². The largest absolute Gasteiger partial charge is 0.340 e. The summed E-state index contributed by atoms with van der Waals surface area (Å²) in [4.78, 5) is 18.6. The second kappa shape index (κ2) is 7.60. The summed E-state index contributed by atoms with van der Waals surface area (Å²) in [5, 5.41) is 3.00. The van der Waals surface area contributed by atoms with Crippen molar-refractivity contribution in [1.82, 2.24) is 14.5 Å². The van der Waals surface area contributed by atoms with Gasteiger partial charge in [0, 0.05) is 47.6 Å². The van der Waals surface area contributed by atoms with E-state index in [1.807, 2.05) is 36.8 Å². The molecule has 27 heavy (non-hydrogen) atoms. The number of rotatable bonds is 5. The van der Waals surface area contributed by atoms with E-state index in [1.165, 1.54) is 17.0 Å². The lowest BCUT2D eigenvalue weighted by Gasteiger charge is -2.19. The fraction of sp³-hybridized carbons (Fsp3) is 0.300. The van der Waals surface area contributed by atoms with Gasteiger partial charge in [-0.05, 0) is 32.9 Å². The van der Waals surface area contributed by atoms with E-state index >= 15 is 0 Å². The predicted octanol–water partition coefficient (Wildman–Crippen LogP) is 4.47. The van der Waals surface area contributed by atoms with Crippen LogP contribution in [0.2, 0.25) is 0 Å². The highest BCUT2D eigenvalue weighted by molar-refractivity contribution is 7.09. The van der Waals surface area contributed by atoms with Crippen molar-refractivity contribution in [2.75, 3.05) is 7.05 Å². The Morgan fingerprint density at radius 1 is 1.22 bits per heavy atom. The van der Waals surface area contributed by atoms with Gasteiger partial charge in [-0.25, -0.2) is 13.8 Å². The number of aryl methyl sites for hydroxylation is 2.